The molecule has 0 fully saturated rings. The summed E-state index contributed by atoms with van der Waals surface area (Å²) < 4.78 is 4.88. The predicted molar refractivity (Wildman–Crippen MR) is 64.0 cm³/mol. The van der Waals surface area contributed by atoms with Crippen molar-refractivity contribution in [2.45, 2.75) is 26.7 Å². The van der Waals surface area contributed by atoms with Gasteiger partial charge in [0.25, 0.3) is 0 Å². The van der Waals surface area contributed by atoms with Gasteiger partial charge in [0.1, 0.15) is 5.69 Å². The second-order valence-corrected chi connectivity index (χ2v) is 3.83. The van der Waals surface area contributed by atoms with Gasteiger partial charge in [0.05, 0.1) is 6.61 Å². The predicted octanol–water partition coefficient (Wildman–Crippen LogP) is 2.74. The highest BCUT2D eigenvalue weighted by Crippen LogP contribution is 2.10. The van der Waals surface area contributed by atoms with Crippen LogP contribution >= 0.6 is 11.6 Å². The minimum Gasteiger partial charge on any atom is -0.461 e. The number of rotatable bonds is 5. The number of hydrogen-bond donors (Lipinski definition) is 0. The number of ether oxygens (including phenoxy) is 1. The standard InChI is InChI=1S/C12H16ClNO2/c1-3-16-12(15)11-7-6-10(5-4-8-13)9(2)14-11/h6-7H,3-5,8H2,1-2H3. The van der Waals surface area contributed by atoms with E-state index in [-0.39, 0.29) is 5.97 Å². The second kappa shape index (κ2) is 6.48. The number of alkyl halides is 1. The fraction of sp³-hybridized carbons (Fsp3) is 0.500. The van der Waals surface area contributed by atoms with Crippen molar-refractivity contribution in [2.24, 2.45) is 0 Å². The van der Waals surface area contributed by atoms with Crippen molar-refractivity contribution in [3.8, 4) is 0 Å². The lowest BCUT2D eigenvalue weighted by Crippen LogP contribution is -2.08. The van der Waals surface area contributed by atoms with E-state index in [0.29, 0.717) is 18.2 Å². The topological polar surface area (TPSA) is 39.2 Å². The number of esters is 1. The first-order chi connectivity index (χ1) is 7.69. The largest absolute Gasteiger partial charge is 0.461 e. The first-order valence-electron chi connectivity index (χ1n) is 5.38. The molecule has 1 aromatic rings. The average Bonchev–Trinajstić information content (AvgIpc) is 2.27. The van der Waals surface area contributed by atoms with Crippen LogP contribution in [0, 0.1) is 6.92 Å². The summed E-state index contributed by atoms with van der Waals surface area (Å²) in [6.07, 6.45) is 1.81. The number of pyridine rings is 1. The van der Waals surface area contributed by atoms with Crippen LogP contribution in [0.15, 0.2) is 12.1 Å². The van der Waals surface area contributed by atoms with Crippen LogP contribution in [0.1, 0.15) is 35.1 Å². The molecule has 0 aliphatic rings. The Balaban J connectivity index is 2.78. The molecule has 0 aliphatic heterocycles. The molecular weight excluding hydrogens is 226 g/mol. The third kappa shape index (κ3) is 3.49. The molecule has 0 spiro atoms. The Bertz CT molecular complexity index is 366. The van der Waals surface area contributed by atoms with Gasteiger partial charge >= 0.3 is 5.97 Å². The van der Waals surface area contributed by atoms with Crippen LogP contribution in [0.3, 0.4) is 0 Å². The Labute approximate surface area is 101 Å². The SMILES string of the molecule is CCOC(=O)c1ccc(CCCCl)c(C)n1. The van der Waals surface area contributed by atoms with Gasteiger partial charge in [-0.05, 0) is 38.3 Å². The van der Waals surface area contributed by atoms with E-state index in [4.69, 9.17) is 16.3 Å². The third-order valence-electron chi connectivity index (χ3n) is 2.26. The highest BCUT2D eigenvalue weighted by molar-refractivity contribution is 6.17. The van der Waals surface area contributed by atoms with Gasteiger partial charge in [0, 0.05) is 11.6 Å². The summed E-state index contributed by atoms with van der Waals surface area (Å²) in [5.74, 6) is 0.272. The molecule has 0 aromatic carbocycles. The zero-order valence-corrected chi connectivity index (χ0v) is 10.4. The molecule has 0 atom stereocenters. The fourth-order valence-corrected chi connectivity index (χ4v) is 1.56. The molecule has 0 amide bonds. The first kappa shape index (κ1) is 13.0. The zero-order valence-electron chi connectivity index (χ0n) is 9.62. The van der Waals surface area contributed by atoms with Crippen LogP contribution in [-0.2, 0) is 11.2 Å². The lowest BCUT2D eigenvalue weighted by molar-refractivity contribution is 0.0519. The summed E-state index contributed by atoms with van der Waals surface area (Å²) in [6, 6.07) is 3.62. The molecule has 1 aromatic heterocycles. The Hall–Kier alpha value is -1.09. The highest BCUT2D eigenvalue weighted by atomic mass is 35.5. The van der Waals surface area contributed by atoms with E-state index in [1.54, 1.807) is 13.0 Å². The molecule has 4 heteroatoms. The number of carbonyl (C=O) groups excluding carboxylic acids is 1. The van der Waals surface area contributed by atoms with Crippen LogP contribution in [-0.4, -0.2) is 23.4 Å². The van der Waals surface area contributed by atoms with E-state index in [1.165, 1.54) is 0 Å². The maximum absolute atomic E-state index is 11.4. The van der Waals surface area contributed by atoms with Crippen LogP contribution in [0.2, 0.25) is 0 Å². The molecule has 0 saturated heterocycles. The van der Waals surface area contributed by atoms with Crippen LogP contribution < -0.4 is 0 Å². The summed E-state index contributed by atoms with van der Waals surface area (Å²) in [4.78, 5) is 15.6. The van der Waals surface area contributed by atoms with E-state index in [1.807, 2.05) is 13.0 Å². The molecule has 1 rings (SSSR count). The van der Waals surface area contributed by atoms with Gasteiger partial charge in [-0.25, -0.2) is 9.78 Å². The molecule has 16 heavy (non-hydrogen) atoms. The lowest BCUT2D eigenvalue weighted by Gasteiger charge is -2.06. The van der Waals surface area contributed by atoms with Gasteiger partial charge in [-0.15, -0.1) is 11.6 Å². The Kier molecular flexibility index (Phi) is 5.26. The van der Waals surface area contributed by atoms with Gasteiger partial charge in [-0.1, -0.05) is 6.07 Å². The van der Waals surface area contributed by atoms with Gasteiger partial charge in [-0.2, -0.15) is 0 Å². The molecule has 88 valence electrons. The van der Waals surface area contributed by atoms with Crippen molar-refractivity contribution < 1.29 is 9.53 Å². The number of aryl methyl sites for hydroxylation is 2. The Morgan fingerprint density at radius 1 is 1.50 bits per heavy atom. The molecule has 3 nitrogen and oxygen atoms in total. The average molecular weight is 242 g/mol. The second-order valence-electron chi connectivity index (χ2n) is 3.45. The molecule has 0 aliphatic carbocycles. The van der Waals surface area contributed by atoms with Crippen LogP contribution in [0.25, 0.3) is 0 Å². The summed E-state index contributed by atoms with van der Waals surface area (Å²) >= 11 is 5.63. The van der Waals surface area contributed by atoms with E-state index < -0.39 is 0 Å². The molecule has 0 radical (unpaired) electrons. The van der Waals surface area contributed by atoms with Crippen LogP contribution in [0.5, 0.6) is 0 Å². The first-order valence-corrected chi connectivity index (χ1v) is 5.92. The monoisotopic (exact) mass is 241 g/mol. The highest BCUT2D eigenvalue weighted by Gasteiger charge is 2.09. The molecule has 1 heterocycles. The smallest absolute Gasteiger partial charge is 0.356 e. The van der Waals surface area contributed by atoms with E-state index >= 15 is 0 Å². The lowest BCUT2D eigenvalue weighted by atomic mass is 10.1. The summed E-state index contributed by atoms with van der Waals surface area (Å²) in [5.41, 5.74) is 2.37. The van der Waals surface area contributed by atoms with Crippen molar-refractivity contribution in [1.29, 1.82) is 0 Å². The number of hydrogen-bond acceptors (Lipinski definition) is 3. The molecule has 0 N–H and O–H groups in total. The zero-order chi connectivity index (χ0) is 12.0. The Morgan fingerprint density at radius 3 is 2.81 bits per heavy atom. The summed E-state index contributed by atoms with van der Waals surface area (Å²) in [7, 11) is 0. The van der Waals surface area contributed by atoms with Gasteiger partial charge in [0.2, 0.25) is 0 Å². The molecule has 0 bridgehead atoms. The number of aromatic nitrogens is 1. The number of nitrogens with zero attached hydrogens (tertiary/aromatic N) is 1. The maximum Gasteiger partial charge on any atom is 0.356 e. The Morgan fingerprint density at radius 2 is 2.25 bits per heavy atom. The van der Waals surface area contributed by atoms with Gasteiger partial charge in [0.15, 0.2) is 0 Å². The van der Waals surface area contributed by atoms with E-state index in [9.17, 15) is 4.79 Å². The summed E-state index contributed by atoms with van der Waals surface area (Å²) in [6.45, 7) is 4.04. The normalized spacial score (nSPS) is 10.2. The maximum atomic E-state index is 11.4. The third-order valence-corrected chi connectivity index (χ3v) is 2.53. The molecule has 0 unspecified atom stereocenters. The van der Waals surface area contributed by atoms with Crippen LogP contribution in [0.4, 0.5) is 0 Å². The van der Waals surface area contributed by atoms with Crippen molar-refractivity contribution in [1.82, 2.24) is 4.98 Å². The molecule has 0 saturated carbocycles. The van der Waals surface area contributed by atoms with Crippen molar-refractivity contribution in [3.05, 3.63) is 29.1 Å². The minimum absolute atomic E-state index is 0.366. The number of halogens is 1. The molecular formula is C12H16ClNO2. The van der Waals surface area contributed by atoms with E-state index in [2.05, 4.69) is 4.98 Å². The minimum atomic E-state index is -0.366. The van der Waals surface area contributed by atoms with Gasteiger partial charge < -0.3 is 4.74 Å². The quantitative estimate of drug-likeness (QED) is 0.588. The van der Waals surface area contributed by atoms with E-state index in [0.717, 1.165) is 24.1 Å². The summed E-state index contributed by atoms with van der Waals surface area (Å²) in [5, 5.41) is 0. The van der Waals surface area contributed by atoms with Crippen molar-refractivity contribution in [3.63, 3.8) is 0 Å². The number of carbonyl (C=O) groups is 1. The van der Waals surface area contributed by atoms with Crippen molar-refractivity contribution >= 4 is 17.6 Å². The fourth-order valence-electron chi connectivity index (χ4n) is 1.43. The van der Waals surface area contributed by atoms with Crippen molar-refractivity contribution in [2.75, 3.05) is 12.5 Å². The van der Waals surface area contributed by atoms with Gasteiger partial charge in [-0.3, -0.25) is 0 Å².